The fourth-order valence-corrected chi connectivity index (χ4v) is 2.46. The van der Waals surface area contributed by atoms with Crippen LogP contribution in [-0.2, 0) is 0 Å². The lowest BCUT2D eigenvalue weighted by Gasteiger charge is -2.07. The molecule has 5 nitrogen and oxygen atoms in total. The van der Waals surface area contributed by atoms with Crippen molar-refractivity contribution in [3.63, 3.8) is 0 Å². The van der Waals surface area contributed by atoms with E-state index in [9.17, 15) is 10.2 Å². The first kappa shape index (κ1) is 15.3. The Morgan fingerprint density at radius 3 is 1.61 bits per heavy atom. The fraction of sp³-hybridized carbons (Fsp3) is 0.333. The standard InChI is InChI=1S/C18H20O5/c1-3-5-21-17-7-11-12-8-18(22-6-4-2)14(20)10-16(12)23-15(11)9-13(17)19/h7-10,19-20H,3-6H2,1-2H3. The van der Waals surface area contributed by atoms with Crippen LogP contribution in [-0.4, -0.2) is 23.4 Å². The van der Waals surface area contributed by atoms with Gasteiger partial charge >= 0.3 is 0 Å². The maximum atomic E-state index is 10.0. The van der Waals surface area contributed by atoms with Crippen molar-refractivity contribution in [2.45, 2.75) is 26.7 Å². The average molecular weight is 316 g/mol. The number of hydrogen-bond donors (Lipinski definition) is 2. The fourth-order valence-electron chi connectivity index (χ4n) is 2.46. The lowest BCUT2D eigenvalue weighted by Crippen LogP contribution is -1.95. The van der Waals surface area contributed by atoms with E-state index in [-0.39, 0.29) is 11.5 Å². The number of phenols is 2. The molecular formula is C18H20O5. The lowest BCUT2D eigenvalue weighted by molar-refractivity contribution is 0.300. The predicted octanol–water partition coefficient (Wildman–Crippen LogP) is 4.57. The molecule has 1 aromatic heterocycles. The van der Waals surface area contributed by atoms with Crippen LogP contribution in [0.2, 0.25) is 0 Å². The minimum atomic E-state index is 0.0386. The number of hydrogen-bond acceptors (Lipinski definition) is 5. The van der Waals surface area contributed by atoms with E-state index in [1.807, 2.05) is 13.8 Å². The molecule has 1 heterocycles. The van der Waals surface area contributed by atoms with Gasteiger partial charge in [-0.15, -0.1) is 0 Å². The molecule has 0 fully saturated rings. The molecule has 2 aromatic carbocycles. The van der Waals surface area contributed by atoms with Crippen molar-refractivity contribution in [2.24, 2.45) is 0 Å². The van der Waals surface area contributed by atoms with E-state index in [0.29, 0.717) is 35.9 Å². The van der Waals surface area contributed by atoms with Crippen molar-refractivity contribution in [2.75, 3.05) is 13.2 Å². The second-order valence-electron chi connectivity index (χ2n) is 5.43. The number of aromatic hydroxyl groups is 2. The summed E-state index contributed by atoms with van der Waals surface area (Å²) in [7, 11) is 0. The van der Waals surface area contributed by atoms with Gasteiger partial charge in [0.25, 0.3) is 0 Å². The van der Waals surface area contributed by atoms with E-state index in [0.717, 1.165) is 23.6 Å². The third kappa shape index (κ3) is 2.86. The van der Waals surface area contributed by atoms with E-state index >= 15 is 0 Å². The topological polar surface area (TPSA) is 72.1 Å². The number of ether oxygens (including phenoxy) is 2. The van der Waals surface area contributed by atoms with Crippen molar-refractivity contribution in [1.29, 1.82) is 0 Å². The molecule has 0 saturated carbocycles. The van der Waals surface area contributed by atoms with Gasteiger partial charge in [0.1, 0.15) is 11.2 Å². The predicted molar refractivity (Wildman–Crippen MR) is 88.6 cm³/mol. The van der Waals surface area contributed by atoms with Crippen molar-refractivity contribution >= 4 is 21.9 Å². The summed E-state index contributed by atoms with van der Waals surface area (Å²) in [6.07, 6.45) is 1.71. The highest BCUT2D eigenvalue weighted by molar-refractivity contribution is 6.07. The molecule has 3 aromatic rings. The minimum Gasteiger partial charge on any atom is -0.504 e. The molecule has 0 saturated heterocycles. The Morgan fingerprint density at radius 2 is 1.22 bits per heavy atom. The average Bonchev–Trinajstić information content (AvgIpc) is 2.86. The quantitative estimate of drug-likeness (QED) is 0.696. The minimum absolute atomic E-state index is 0.0386. The zero-order valence-electron chi connectivity index (χ0n) is 13.3. The van der Waals surface area contributed by atoms with Crippen LogP contribution in [0.1, 0.15) is 26.7 Å². The number of fused-ring (bicyclic) bond motifs is 3. The first-order valence-corrected chi connectivity index (χ1v) is 7.81. The van der Waals surface area contributed by atoms with Gasteiger partial charge in [-0.2, -0.15) is 0 Å². The first-order valence-electron chi connectivity index (χ1n) is 7.81. The van der Waals surface area contributed by atoms with E-state index in [1.54, 1.807) is 12.1 Å². The normalized spacial score (nSPS) is 11.2. The van der Waals surface area contributed by atoms with Crippen LogP contribution in [0, 0.1) is 0 Å². The van der Waals surface area contributed by atoms with Gasteiger partial charge in [0.15, 0.2) is 23.0 Å². The Bertz CT molecular complexity index is 766. The van der Waals surface area contributed by atoms with Gasteiger partial charge in [0, 0.05) is 22.9 Å². The van der Waals surface area contributed by atoms with E-state index in [4.69, 9.17) is 13.9 Å². The van der Waals surface area contributed by atoms with Gasteiger partial charge in [0.2, 0.25) is 0 Å². The summed E-state index contributed by atoms with van der Waals surface area (Å²) in [5.74, 6) is 0.922. The third-order valence-corrected chi connectivity index (χ3v) is 3.56. The van der Waals surface area contributed by atoms with Gasteiger partial charge in [-0.3, -0.25) is 0 Å². The smallest absolute Gasteiger partial charge is 0.161 e. The summed E-state index contributed by atoms with van der Waals surface area (Å²) in [5.41, 5.74) is 1.07. The van der Waals surface area contributed by atoms with E-state index in [1.165, 1.54) is 12.1 Å². The van der Waals surface area contributed by atoms with Crippen LogP contribution in [0.3, 0.4) is 0 Å². The molecule has 0 bridgehead atoms. The monoisotopic (exact) mass is 316 g/mol. The van der Waals surface area contributed by atoms with Crippen molar-refractivity contribution in [3.8, 4) is 23.0 Å². The molecular weight excluding hydrogens is 296 g/mol. The van der Waals surface area contributed by atoms with Crippen LogP contribution < -0.4 is 9.47 Å². The van der Waals surface area contributed by atoms with Gasteiger partial charge < -0.3 is 24.1 Å². The summed E-state index contributed by atoms with van der Waals surface area (Å²) >= 11 is 0. The zero-order valence-corrected chi connectivity index (χ0v) is 13.3. The zero-order chi connectivity index (χ0) is 16.4. The highest BCUT2D eigenvalue weighted by Gasteiger charge is 2.15. The summed E-state index contributed by atoms with van der Waals surface area (Å²) in [4.78, 5) is 0. The largest absolute Gasteiger partial charge is 0.504 e. The molecule has 122 valence electrons. The summed E-state index contributed by atoms with van der Waals surface area (Å²) in [6, 6.07) is 6.58. The molecule has 0 aliphatic carbocycles. The Hall–Kier alpha value is -2.56. The van der Waals surface area contributed by atoms with Crippen molar-refractivity contribution in [1.82, 2.24) is 0 Å². The van der Waals surface area contributed by atoms with Crippen LogP contribution in [0.15, 0.2) is 28.7 Å². The maximum Gasteiger partial charge on any atom is 0.161 e. The first-order chi connectivity index (χ1) is 11.1. The Balaban J connectivity index is 2.13. The van der Waals surface area contributed by atoms with Crippen LogP contribution in [0.25, 0.3) is 21.9 Å². The van der Waals surface area contributed by atoms with Crippen LogP contribution in [0.4, 0.5) is 0 Å². The molecule has 23 heavy (non-hydrogen) atoms. The Kier molecular flexibility index (Phi) is 4.19. The van der Waals surface area contributed by atoms with Gasteiger partial charge in [0.05, 0.1) is 13.2 Å². The molecule has 0 aliphatic heterocycles. The van der Waals surface area contributed by atoms with Crippen molar-refractivity contribution < 1.29 is 24.1 Å². The number of phenolic OH excluding ortho intramolecular Hbond substituents is 2. The van der Waals surface area contributed by atoms with E-state index < -0.39 is 0 Å². The van der Waals surface area contributed by atoms with Gasteiger partial charge in [-0.1, -0.05) is 13.8 Å². The molecule has 3 rings (SSSR count). The molecule has 0 radical (unpaired) electrons. The highest BCUT2D eigenvalue weighted by atomic mass is 16.5. The second kappa shape index (κ2) is 6.28. The third-order valence-electron chi connectivity index (χ3n) is 3.56. The Morgan fingerprint density at radius 1 is 0.783 bits per heavy atom. The van der Waals surface area contributed by atoms with Crippen LogP contribution >= 0.6 is 0 Å². The molecule has 0 spiro atoms. The van der Waals surface area contributed by atoms with Crippen LogP contribution in [0.5, 0.6) is 23.0 Å². The van der Waals surface area contributed by atoms with Gasteiger partial charge in [-0.05, 0) is 25.0 Å². The molecule has 0 amide bonds. The highest BCUT2D eigenvalue weighted by Crippen LogP contribution is 2.41. The summed E-state index contributed by atoms with van der Waals surface area (Å²) in [6.45, 7) is 5.06. The molecule has 5 heteroatoms. The molecule has 2 N–H and O–H groups in total. The second-order valence-corrected chi connectivity index (χ2v) is 5.43. The summed E-state index contributed by atoms with van der Waals surface area (Å²) < 4.78 is 16.8. The number of rotatable bonds is 6. The summed E-state index contributed by atoms with van der Waals surface area (Å²) in [5, 5.41) is 21.7. The van der Waals surface area contributed by atoms with Crippen molar-refractivity contribution in [3.05, 3.63) is 24.3 Å². The number of benzene rings is 2. The molecule has 0 unspecified atom stereocenters. The maximum absolute atomic E-state index is 10.0. The SMILES string of the molecule is CCCOc1cc2c(cc1O)oc1cc(O)c(OCCC)cc12. The molecule has 0 atom stereocenters. The molecule has 0 aliphatic rings. The number of furan rings is 1. The Labute approximate surface area is 134 Å². The van der Waals surface area contributed by atoms with E-state index in [2.05, 4.69) is 0 Å². The van der Waals surface area contributed by atoms with Gasteiger partial charge in [-0.25, -0.2) is 0 Å². The lowest BCUT2D eigenvalue weighted by atomic mass is 10.1.